The maximum atomic E-state index is 12.6. The van der Waals surface area contributed by atoms with Gasteiger partial charge in [0.2, 0.25) is 0 Å². The molecule has 0 atom stereocenters. The second-order valence-corrected chi connectivity index (χ2v) is 5.65. The number of nitrogens with zero attached hydrogens (tertiary/aromatic N) is 3. The number of hydrogen-bond acceptors (Lipinski definition) is 4. The molecular formula is C17H15ClN4O. The summed E-state index contributed by atoms with van der Waals surface area (Å²) in [5.41, 5.74) is 8.24. The van der Waals surface area contributed by atoms with Crippen molar-refractivity contribution in [1.82, 2.24) is 9.66 Å². The van der Waals surface area contributed by atoms with Gasteiger partial charge < -0.3 is 5.73 Å². The second-order valence-electron chi connectivity index (χ2n) is 5.21. The first-order valence-corrected chi connectivity index (χ1v) is 7.44. The van der Waals surface area contributed by atoms with Gasteiger partial charge in [-0.25, -0.2) is 4.98 Å². The molecule has 0 radical (unpaired) electrons. The minimum Gasteiger partial charge on any atom is -0.398 e. The van der Waals surface area contributed by atoms with Gasteiger partial charge in [0.25, 0.3) is 5.56 Å². The zero-order valence-electron chi connectivity index (χ0n) is 12.7. The van der Waals surface area contributed by atoms with Gasteiger partial charge in [-0.3, -0.25) is 4.79 Å². The zero-order chi connectivity index (χ0) is 16.6. The van der Waals surface area contributed by atoms with Gasteiger partial charge in [0.05, 0.1) is 16.6 Å². The fourth-order valence-corrected chi connectivity index (χ4v) is 2.57. The molecule has 116 valence electrons. The number of aryl methyl sites for hydroxylation is 1. The largest absolute Gasteiger partial charge is 0.398 e. The van der Waals surface area contributed by atoms with Gasteiger partial charge >= 0.3 is 0 Å². The summed E-state index contributed by atoms with van der Waals surface area (Å²) in [6.07, 6.45) is 0. The van der Waals surface area contributed by atoms with Gasteiger partial charge in [0, 0.05) is 16.3 Å². The summed E-state index contributed by atoms with van der Waals surface area (Å²) in [6, 6.07) is 12.3. The SMILES string of the molecule is C/C(=N\n1c(C)nc2ccccc2c1=O)c1cc(Cl)ccc1N. The van der Waals surface area contributed by atoms with Crippen LogP contribution in [0.1, 0.15) is 18.3 Å². The van der Waals surface area contributed by atoms with Crippen LogP contribution in [0.2, 0.25) is 5.02 Å². The molecule has 0 aliphatic rings. The van der Waals surface area contributed by atoms with Crippen LogP contribution in [-0.2, 0) is 0 Å². The van der Waals surface area contributed by atoms with E-state index in [0.717, 1.165) is 0 Å². The molecule has 0 aliphatic heterocycles. The lowest BCUT2D eigenvalue weighted by Gasteiger charge is -2.09. The van der Waals surface area contributed by atoms with Crippen molar-refractivity contribution in [2.24, 2.45) is 5.10 Å². The van der Waals surface area contributed by atoms with Crippen LogP contribution in [0.3, 0.4) is 0 Å². The quantitative estimate of drug-likeness (QED) is 0.580. The normalized spacial score (nSPS) is 11.9. The average Bonchev–Trinajstić information content (AvgIpc) is 2.53. The van der Waals surface area contributed by atoms with Gasteiger partial charge in [0.15, 0.2) is 0 Å². The molecule has 0 fully saturated rings. The Kier molecular flexibility index (Phi) is 3.88. The summed E-state index contributed by atoms with van der Waals surface area (Å²) in [7, 11) is 0. The molecule has 0 aliphatic carbocycles. The van der Waals surface area contributed by atoms with Gasteiger partial charge in [-0.1, -0.05) is 23.7 Å². The van der Waals surface area contributed by atoms with E-state index in [1.54, 1.807) is 50.2 Å². The lowest BCUT2D eigenvalue weighted by atomic mass is 10.1. The Morgan fingerprint density at radius 1 is 1.26 bits per heavy atom. The van der Waals surface area contributed by atoms with Gasteiger partial charge in [0.1, 0.15) is 5.82 Å². The average molecular weight is 327 g/mol. The highest BCUT2D eigenvalue weighted by Crippen LogP contribution is 2.19. The fourth-order valence-electron chi connectivity index (χ4n) is 2.40. The zero-order valence-corrected chi connectivity index (χ0v) is 13.5. The van der Waals surface area contributed by atoms with Crippen LogP contribution in [0.25, 0.3) is 10.9 Å². The molecule has 0 spiro atoms. The number of nitrogens with two attached hydrogens (primary N) is 1. The summed E-state index contributed by atoms with van der Waals surface area (Å²) in [4.78, 5) is 17.0. The van der Waals surface area contributed by atoms with Crippen molar-refractivity contribution in [3.63, 3.8) is 0 Å². The number of rotatable bonds is 2. The number of nitrogen functional groups attached to an aromatic ring is 1. The third-order valence-electron chi connectivity index (χ3n) is 3.57. The number of halogens is 1. The Labute approximate surface area is 138 Å². The van der Waals surface area contributed by atoms with E-state index in [2.05, 4.69) is 10.1 Å². The third-order valence-corrected chi connectivity index (χ3v) is 3.81. The predicted octanol–water partition coefficient (Wildman–Crippen LogP) is 3.21. The van der Waals surface area contributed by atoms with E-state index in [-0.39, 0.29) is 5.56 Å². The number of aromatic nitrogens is 2. The highest BCUT2D eigenvalue weighted by Gasteiger charge is 2.09. The van der Waals surface area contributed by atoms with Crippen molar-refractivity contribution in [1.29, 1.82) is 0 Å². The summed E-state index contributed by atoms with van der Waals surface area (Å²) in [5, 5.41) is 5.48. The molecule has 0 unspecified atom stereocenters. The van der Waals surface area contributed by atoms with Crippen LogP contribution in [0, 0.1) is 6.92 Å². The Morgan fingerprint density at radius 2 is 2.00 bits per heavy atom. The van der Waals surface area contributed by atoms with E-state index in [1.165, 1.54) is 4.68 Å². The first-order valence-electron chi connectivity index (χ1n) is 7.07. The maximum absolute atomic E-state index is 12.6. The molecule has 3 rings (SSSR count). The van der Waals surface area contributed by atoms with Crippen molar-refractivity contribution < 1.29 is 0 Å². The van der Waals surface area contributed by atoms with Crippen molar-refractivity contribution in [3.05, 3.63) is 69.2 Å². The lowest BCUT2D eigenvalue weighted by molar-refractivity contribution is 0.766. The summed E-state index contributed by atoms with van der Waals surface area (Å²) < 4.78 is 1.29. The van der Waals surface area contributed by atoms with Crippen LogP contribution < -0.4 is 11.3 Å². The van der Waals surface area contributed by atoms with Crippen LogP contribution in [0.15, 0.2) is 52.4 Å². The van der Waals surface area contributed by atoms with Crippen LogP contribution >= 0.6 is 11.6 Å². The Morgan fingerprint density at radius 3 is 2.78 bits per heavy atom. The smallest absolute Gasteiger partial charge is 0.282 e. The first kappa shape index (κ1) is 15.2. The molecule has 0 saturated carbocycles. The molecule has 23 heavy (non-hydrogen) atoms. The van der Waals surface area contributed by atoms with Gasteiger partial charge in [-0.05, 0) is 44.2 Å². The highest BCUT2D eigenvalue weighted by atomic mass is 35.5. The van der Waals surface area contributed by atoms with Crippen molar-refractivity contribution in [2.45, 2.75) is 13.8 Å². The topological polar surface area (TPSA) is 73.3 Å². The molecule has 5 nitrogen and oxygen atoms in total. The molecule has 2 aromatic carbocycles. The predicted molar refractivity (Wildman–Crippen MR) is 94.2 cm³/mol. The second kappa shape index (κ2) is 5.85. The van der Waals surface area contributed by atoms with E-state index >= 15 is 0 Å². The molecule has 1 aromatic heterocycles. The van der Waals surface area contributed by atoms with Crippen molar-refractivity contribution in [2.75, 3.05) is 5.73 Å². The van der Waals surface area contributed by atoms with E-state index < -0.39 is 0 Å². The number of fused-ring (bicyclic) bond motifs is 1. The molecule has 0 saturated heterocycles. The van der Waals surface area contributed by atoms with E-state index in [1.807, 2.05) is 6.07 Å². The monoisotopic (exact) mass is 326 g/mol. The number of benzene rings is 2. The Hall–Kier alpha value is -2.66. The Bertz CT molecular complexity index is 992. The van der Waals surface area contributed by atoms with Crippen LogP contribution in [0.4, 0.5) is 5.69 Å². The van der Waals surface area contributed by atoms with Gasteiger partial charge in [-0.2, -0.15) is 9.78 Å². The molecule has 3 aromatic rings. The summed E-state index contributed by atoms with van der Waals surface area (Å²) in [5.74, 6) is 0.508. The number of anilines is 1. The minimum absolute atomic E-state index is 0.215. The summed E-state index contributed by atoms with van der Waals surface area (Å²) in [6.45, 7) is 3.52. The molecule has 1 heterocycles. The summed E-state index contributed by atoms with van der Waals surface area (Å²) >= 11 is 6.01. The van der Waals surface area contributed by atoms with Crippen LogP contribution in [-0.4, -0.2) is 15.4 Å². The highest BCUT2D eigenvalue weighted by molar-refractivity contribution is 6.31. The van der Waals surface area contributed by atoms with E-state index in [4.69, 9.17) is 17.3 Å². The van der Waals surface area contributed by atoms with Crippen molar-refractivity contribution in [3.8, 4) is 0 Å². The first-order chi connectivity index (χ1) is 11.0. The molecular weight excluding hydrogens is 312 g/mol. The molecule has 0 amide bonds. The molecule has 2 N–H and O–H groups in total. The standard InChI is InChI=1S/C17H15ClN4O/c1-10(14-9-12(18)7-8-15(14)19)21-22-11(2)20-16-6-4-3-5-13(16)17(22)23/h3-9H,19H2,1-2H3/b21-10+. The van der Waals surface area contributed by atoms with E-state index in [9.17, 15) is 4.79 Å². The van der Waals surface area contributed by atoms with Crippen molar-refractivity contribution >= 4 is 33.9 Å². The van der Waals surface area contributed by atoms with Crippen LogP contribution in [0.5, 0.6) is 0 Å². The number of para-hydroxylation sites is 1. The minimum atomic E-state index is -0.215. The molecule has 0 bridgehead atoms. The Balaban J connectivity index is 2.21. The molecule has 6 heteroatoms. The number of hydrogen-bond donors (Lipinski definition) is 1. The maximum Gasteiger partial charge on any atom is 0.282 e. The fraction of sp³-hybridized carbons (Fsp3) is 0.118. The van der Waals surface area contributed by atoms with E-state index in [0.29, 0.717) is 38.7 Å². The third kappa shape index (κ3) is 2.83. The van der Waals surface area contributed by atoms with Gasteiger partial charge in [-0.15, -0.1) is 0 Å². The lowest BCUT2D eigenvalue weighted by Crippen LogP contribution is -2.22.